The van der Waals surface area contributed by atoms with E-state index in [1.165, 1.54) is 0 Å². The molecule has 1 heterocycles. The summed E-state index contributed by atoms with van der Waals surface area (Å²) in [7, 11) is 0. The summed E-state index contributed by atoms with van der Waals surface area (Å²) in [6.07, 6.45) is -0.0767. The average Bonchev–Trinajstić information content (AvgIpc) is 2.15. The second-order valence-corrected chi connectivity index (χ2v) is 3.17. The monoisotopic (exact) mass is 229 g/mol. The first-order chi connectivity index (χ1) is 7.52. The van der Waals surface area contributed by atoms with E-state index in [-0.39, 0.29) is 13.0 Å². The Labute approximate surface area is 87.8 Å². The molecular weight excluding hydrogens is 224 g/mol. The maximum Gasteiger partial charge on any atom is 0.347 e. The summed E-state index contributed by atoms with van der Waals surface area (Å²) in [5, 5.41) is 10.6. The molecule has 0 radical (unpaired) electrons. The van der Waals surface area contributed by atoms with Crippen LogP contribution in [0.1, 0.15) is 16.8 Å². The first-order valence-electron chi connectivity index (χ1n) is 4.34. The van der Waals surface area contributed by atoms with Crippen molar-refractivity contribution < 1.29 is 23.2 Å². The molecule has 0 saturated heterocycles. The fourth-order valence-electron chi connectivity index (χ4n) is 1.53. The molecule has 0 aliphatic carbocycles. The van der Waals surface area contributed by atoms with E-state index in [1.54, 1.807) is 0 Å². The minimum Gasteiger partial charge on any atom is -0.486 e. The summed E-state index contributed by atoms with van der Waals surface area (Å²) in [4.78, 5) is 20.9. The highest BCUT2D eigenvalue weighted by atomic mass is 19.1. The Kier molecular flexibility index (Phi) is 2.30. The van der Waals surface area contributed by atoms with Crippen molar-refractivity contribution in [1.29, 1.82) is 0 Å². The van der Waals surface area contributed by atoms with Gasteiger partial charge < -0.3 is 4.74 Å². The molecule has 5 nitrogen and oxygen atoms in total. The summed E-state index contributed by atoms with van der Waals surface area (Å²) in [6, 6.07) is 0.323. The molecule has 1 aliphatic rings. The number of carbonyl (C=O) groups excluding carboxylic acids is 1. The Morgan fingerprint density at radius 3 is 2.69 bits per heavy atom. The quantitative estimate of drug-likeness (QED) is 0.544. The molecule has 0 unspecified atom stereocenters. The van der Waals surface area contributed by atoms with Gasteiger partial charge in [-0.15, -0.1) is 0 Å². The molecule has 1 aromatic carbocycles. The second kappa shape index (κ2) is 3.51. The van der Waals surface area contributed by atoms with Crippen molar-refractivity contribution in [2.45, 2.75) is 6.42 Å². The standard InChI is InChI=1S/C9H5F2NO4/c10-4-3-5(11)8(12(14)15)9-7(4)6(13)1-2-16-9/h3H,1-2H2. The minimum absolute atomic E-state index is 0.0767. The predicted molar refractivity (Wildman–Crippen MR) is 47.5 cm³/mol. The van der Waals surface area contributed by atoms with Crippen molar-refractivity contribution in [3.8, 4) is 5.75 Å². The van der Waals surface area contributed by atoms with Crippen molar-refractivity contribution in [3.63, 3.8) is 0 Å². The number of nitrogens with zero attached hydrogens (tertiary/aromatic N) is 1. The lowest BCUT2D eigenvalue weighted by Gasteiger charge is -2.16. The van der Waals surface area contributed by atoms with E-state index in [1.807, 2.05) is 0 Å². The molecule has 0 N–H and O–H groups in total. The van der Waals surface area contributed by atoms with Gasteiger partial charge in [-0.1, -0.05) is 0 Å². The number of fused-ring (bicyclic) bond motifs is 1. The Morgan fingerprint density at radius 2 is 2.06 bits per heavy atom. The van der Waals surface area contributed by atoms with E-state index in [9.17, 15) is 23.7 Å². The minimum atomic E-state index is -1.35. The third kappa shape index (κ3) is 1.40. The second-order valence-electron chi connectivity index (χ2n) is 3.17. The highest BCUT2D eigenvalue weighted by molar-refractivity contribution is 6.01. The molecule has 1 aliphatic heterocycles. The summed E-state index contributed by atoms with van der Waals surface area (Å²) in [5.74, 6) is -3.72. The van der Waals surface area contributed by atoms with Gasteiger partial charge >= 0.3 is 5.69 Å². The Bertz CT molecular complexity index is 481. The van der Waals surface area contributed by atoms with Gasteiger partial charge in [0.25, 0.3) is 0 Å². The molecule has 0 atom stereocenters. The Balaban J connectivity index is 2.77. The number of Topliss-reactive ketones (excluding diaryl/α,β-unsaturated/α-hetero) is 1. The van der Waals surface area contributed by atoms with Crippen molar-refractivity contribution in [3.05, 3.63) is 33.4 Å². The number of ketones is 1. The molecule has 16 heavy (non-hydrogen) atoms. The van der Waals surface area contributed by atoms with Gasteiger partial charge in [-0.05, 0) is 0 Å². The molecule has 0 fully saturated rings. The van der Waals surface area contributed by atoms with Crippen molar-refractivity contribution in [1.82, 2.24) is 0 Å². The van der Waals surface area contributed by atoms with Crippen molar-refractivity contribution in [2.75, 3.05) is 6.61 Å². The molecule has 0 aromatic heterocycles. The summed E-state index contributed by atoms with van der Waals surface area (Å²) in [5.41, 5.74) is -1.54. The lowest BCUT2D eigenvalue weighted by Crippen LogP contribution is -2.19. The number of hydrogen-bond donors (Lipinski definition) is 0. The zero-order chi connectivity index (χ0) is 11.9. The van der Waals surface area contributed by atoms with Crippen LogP contribution in [0.15, 0.2) is 6.07 Å². The van der Waals surface area contributed by atoms with Crippen LogP contribution in [0.3, 0.4) is 0 Å². The molecule has 0 saturated carbocycles. The average molecular weight is 229 g/mol. The van der Waals surface area contributed by atoms with Crippen LogP contribution in [-0.2, 0) is 0 Å². The molecule has 0 amide bonds. The van der Waals surface area contributed by atoms with Gasteiger partial charge in [0.1, 0.15) is 11.4 Å². The van der Waals surface area contributed by atoms with Crippen LogP contribution in [0.5, 0.6) is 5.75 Å². The van der Waals surface area contributed by atoms with Gasteiger partial charge in [-0.2, -0.15) is 4.39 Å². The zero-order valence-corrected chi connectivity index (χ0v) is 7.83. The van der Waals surface area contributed by atoms with E-state index in [4.69, 9.17) is 4.74 Å². The normalized spacial score (nSPS) is 14.2. The molecule has 1 aromatic rings. The van der Waals surface area contributed by atoms with E-state index in [2.05, 4.69) is 0 Å². The lowest BCUT2D eigenvalue weighted by molar-refractivity contribution is -0.388. The topological polar surface area (TPSA) is 69.4 Å². The van der Waals surface area contributed by atoms with Crippen LogP contribution < -0.4 is 4.74 Å². The van der Waals surface area contributed by atoms with E-state index in [0.29, 0.717) is 6.07 Å². The zero-order valence-electron chi connectivity index (χ0n) is 7.83. The third-order valence-corrected chi connectivity index (χ3v) is 2.20. The molecule has 0 spiro atoms. The number of benzene rings is 1. The maximum atomic E-state index is 13.3. The number of ether oxygens (including phenoxy) is 1. The largest absolute Gasteiger partial charge is 0.486 e. The maximum absolute atomic E-state index is 13.3. The number of nitro groups is 1. The fraction of sp³-hybridized carbons (Fsp3) is 0.222. The number of rotatable bonds is 1. The van der Waals surface area contributed by atoms with E-state index >= 15 is 0 Å². The summed E-state index contributed by atoms with van der Waals surface area (Å²) in [6.45, 7) is -0.116. The molecular formula is C9H5F2NO4. The van der Waals surface area contributed by atoms with Gasteiger partial charge in [-0.3, -0.25) is 14.9 Å². The van der Waals surface area contributed by atoms with E-state index in [0.717, 1.165) is 0 Å². The predicted octanol–water partition coefficient (Wildman–Crippen LogP) is 1.84. The van der Waals surface area contributed by atoms with Crippen LogP contribution in [0.4, 0.5) is 14.5 Å². The van der Waals surface area contributed by atoms with Crippen LogP contribution in [0.25, 0.3) is 0 Å². The number of nitro benzene ring substituents is 1. The fourth-order valence-corrected chi connectivity index (χ4v) is 1.53. The van der Waals surface area contributed by atoms with Crippen molar-refractivity contribution >= 4 is 11.5 Å². The van der Waals surface area contributed by atoms with E-state index < -0.39 is 39.3 Å². The first kappa shape index (κ1) is 10.5. The SMILES string of the molecule is O=C1CCOc2c1c(F)cc(F)c2[N+](=O)[O-]. The van der Waals surface area contributed by atoms with Crippen LogP contribution >= 0.6 is 0 Å². The van der Waals surface area contributed by atoms with Gasteiger partial charge in [0, 0.05) is 12.5 Å². The third-order valence-electron chi connectivity index (χ3n) is 2.20. The van der Waals surface area contributed by atoms with Gasteiger partial charge in [-0.25, -0.2) is 4.39 Å². The summed E-state index contributed by atoms with van der Waals surface area (Å²) < 4.78 is 31.2. The number of hydrogen-bond acceptors (Lipinski definition) is 4. The molecule has 0 bridgehead atoms. The highest BCUT2D eigenvalue weighted by Gasteiger charge is 2.34. The Hall–Kier alpha value is -2.05. The van der Waals surface area contributed by atoms with Gasteiger partial charge in [0.05, 0.1) is 11.5 Å². The van der Waals surface area contributed by atoms with Crippen LogP contribution in [0.2, 0.25) is 0 Å². The highest BCUT2D eigenvalue weighted by Crippen LogP contribution is 2.38. The first-order valence-corrected chi connectivity index (χ1v) is 4.34. The Morgan fingerprint density at radius 1 is 1.38 bits per heavy atom. The van der Waals surface area contributed by atoms with Crippen LogP contribution in [-0.4, -0.2) is 17.3 Å². The molecule has 7 heteroatoms. The number of carbonyl (C=O) groups is 1. The molecule has 2 rings (SSSR count). The lowest BCUT2D eigenvalue weighted by atomic mass is 10.0. The van der Waals surface area contributed by atoms with Crippen LogP contribution in [0, 0.1) is 21.7 Å². The van der Waals surface area contributed by atoms with Gasteiger partial charge in [0.15, 0.2) is 5.78 Å². The summed E-state index contributed by atoms with van der Waals surface area (Å²) >= 11 is 0. The molecule has 84 valence electrons. The number of halogens is 2. The smallest absolute Gasteiger partial charge is 0.347 e. The van der Waals surface area contributed by atoms with Gasteiger partial charge in [0.2, 0.25) is 11.6 Å². The van der Waals surface area contributed by atoms with Crippen molar-refractivity contribution in [2.24, 2.45) is 0 Å².